The first kappa shape index (κ1) is 20.3. The Hall–Kier alpha value is -2.05. The number of aromatic amines is 1. The number of nitrogens with one attached hydrogen (secondary N) is 3. The number of carbonyl (C=O) groups excluding carboxylic acids is 1. The molecule has 2 aliphatic rings. The standard InChI is InChI=1S/C18H21N5O.2ClH/c1-11-4-2-5-13(8-11)21-18-22-15(17(24)23-18)9-12-10-20-16-14(12)6-3-7-19-16;;/h3,6-7,9-11,13H,2,4-5,8H2,1H3,(H,19,20)(H2,21,22,23,24);2*1H/b15-9-;;. The second-order valence-electron chi connectivity index (χ2n) is 6.70. The maximum absolute atomic E-state index is 12.2. The maximum Gasteiger partial charge on any atom is 0.276 e. The molecule has 4 rings (SSSR count). The topological polar surface area (TPSA) is 82.2 Å². The molecule has 1 amide bonds. The fraction of sp³-hybridized carbons (Fsp3) is 0.389. The van der Waals surface area contributed by atoms with Crippen molar-refractivity contribution in [1.82, 2.24) is 20.6 Å². The smallest absolute Gasteiger partial charge is 0.276 e. The minimum Gasteiger partial charge on any atom is -0.353 e. The van der Waals surface area contributed by atoms with E-state index in [-0.39, 0.29) is 30.7 Å². The van der Waals surface area contributed by atoms with Gasteiger partial charge in [-0.25, -0.2) is 9.98 Å². The Bertz CT molecular complexity index is 845. The number of carbonyl (C=O) groups is 1. The summed E-state index contributed by atoms with van der Waals surface area (Å²) in [6.45, 7) is 2.28. The third kappa shape index (κ3) is 4.19. The van der Waals surface area contributed by atoms with Crippen molar-refractivity contribution in [3.8, 4) is 0 Å². The van der Waals surface area contributed by atoms with Crippen molar-refractivity contribution in [3.63, 3.8) is 0 Å². The summed E-state index contributed by atoms with van der Waals surface area (Å²) in [5.41, 5.74) is 2.15. The van der Waals surface area contributed by atoms with Gasteiger partial charge in [-0.15, -0.1) is 24.8 Å². The first-order chi connectivity index (χ1) is 11.7. The van der Waals surface area contributed by atoms with E-state index >= 15 is 0 Å². The molecule has 2 unspecified atom stereocenters. The van der Waals surface area contributed by atoms with Gasteiger partial charge in [-0.2, -0.15) is 0 Å². The van der Waals surface area contributed by atoms with Crippen molar-refractivity contribution in [1.29, 1.82) is 0 Å². The number of nitrogens with zero attached hydrogens (tertiary/aromatic N) is 2. The van der Waals surface area contributed by atoms with Crippen molar-refractivity contribution in [2.24, 2.45) is 10.9 Å². The summed E-state index contributed by atoms with van der Waals surface area (Å²) in [5.74, 6) is 1.13. The number of amides is 1. The van der Waals surface area contributed by atoms with Crippen LogP contribution in [0.1, 0.15) is 38.2 Å². The molecule has 0 saturated heterocycles. The van der Waals surface area contributed by atoms with Gasteiger partial charge >= 0.3 is 0 Å². The number of hydrogen-bond donors (Lipinski definition) is 3. The third-order valence-corrected chi connectivity index (χ3v) is 4.75. The van der Waals surface area contributed by atoms with Crippen molar-refractivity contribution in [2.75, 3.05) is 0 Å². The Morgan fingerprint density at radius 3 is 2.96 bits per heavy atom. The SMILES string of the molecule is CC1CCCC(NC2=N/C(=C\c3c[nH]c4ncccc34)C(=O)N2)C1.Cl.Cl. The van der Waals surface area contributed by atoms with Gasteiger partial charge < -0.3 is 10.3 Å². The highest BCUT2D eigenvalue weighted by Crippen LogP contribution is 2.24. The minimum atomic E-state index is -0.167. The molecule has 26 heavy (non-hydrogen) atoms. The Labute approximate surface area is 164 Å². The minimum absolute atomic E-state index is 0. The summed E-state index contributed by atoms with van der Waals surface area (Å²) in [6.07, 6.45) is 10.2. The van der Waals surface area contributed by atoms with E-state index in [0.717, 1.165) is 35.4 Å². The molecule has 1 aliphatic carbocycles. The predicted octanol–water partition coefficient (Wildman–Crippen LogP) is 3.40. The van der Waals surface area contributed by atoms with Crippen LogP contribution < -0.4 is 10.6 Å². The van der Waals surface area contributed by atoms with Gasteiger partial charge in [0, 0.05) is 29.4 Å². The van der Waals surface area contributed by atoms with Crippen LogP contribution in [0.2, 0.25) is 0 Å². The fourth-order valence-corrected chi connectivity index (χ4v) is 3.54. The number of pyridine rings is 1. The Morgan fingerprint density at radius 1 is 1.31 bits per heavy atom. The van der Waals surface area contributed by atoms with Crippen LogP contribution in [0.25, 0.3) is 17.1 Å². The molecular formula is C18H23Cl2N5O. The average Bonchev–Trinajstić information content (AvgIpc) is 3.12. The Balaban J connectivity index is 0.00000121. The Kier molecular flexibility index (Phi) is 6.67. The summed E-state index contributed by atoms with van der Waals surface area (Å²) in [4.78, 5) is 24.0. The highest BCUT2D eigenvalue weighted by atomic mass is 35.5. The molecule has 0 bridgehead atoms. The van der Waals surface area contributed by atoms with E-state index in [0.29, 0.717) is 17.7 Å². The van der Waals surface area contributed by atoms with Crippen LogP contribution in [-0.2, 0) is 4.79 Å². The van der Waals surface area contributed by atoms with Gasteiger partial charge in [0.15, 0.2) is 0 Å². The van der Waals surface area contributed by atoms with Gasteiger partial charge in [0.2, 0.25) is 5.96 Å². The molecule has 1 fully saturated rings. The van der Waals surface area contributed by atoms with E-state index in [1.54, 1.807) is 12.3 Å². The number of fused-ring (bicyclic) bond motifs is 1. The quantitative estimate of drug-likeness (QED) is 0.681. The summed E-state index contributed by atoms with van der Waals surface area (Å²) < 4.78 is 0. The lowest BCUT2D eigenvalue weighted by atomic mass is 9.87. The summed E-state index contributed by atoms with van der Waals surface area (Å²) in [6, 6.07) is 4.25. The van der Waals surface area contributed by atoms with Crippen LogP contribution in [0, 0.1) is 5.92 Å². The predicted molar refractivity (Wildman–Crippen MR) is 109 cm³/mol. The molecule has 0 aromatic carbocycles. The lowest BCUT2D eigenvalue weighted by molar-refractivity contribution is -0.115. The zero-order chi connectivity index (χ0) is 16.5. The van der Waals surface area contributed by atoms with Crippen LogP contribution in [0.3, 0.4) is 0 Å². The van der Waals surface area contributed by atoms with Gasteiger partial charge in [-0.05, 0) is 37.0 Å². The van der Waals surface area contributed by atoms with Gasteiger partial charge in [-0.3, -0.25) is 10.1 Å². The van der Waals surface area contributed by atoms with E-state index in [1.165, 1.54) is 12.8 Å². The van der Waals surface area contributed by atoms with Crippen molar-refractivity contribution >= 4 is 53.8 Å². The summed E-state index contributed by atoms with van der Waals surface area (Å²) in [5, 5.41) is 7.20. The zero-order valence-corrected chi connectivity index (χ0v) is 16.1. The molecule has 3 N–H and O–H groups in total. The van der Waals surface area contributed by atoms with E-state index < -0.39 is 0 Å². The number of rotatable bonds is 2. The molecule has 1 saturated carbocycles. The fourth-order valence-electron chi connectivity index (χ4n) is 3.54. The van der Waals surface area contributed by atoms with Gasteiger partial charge in [0.05, 0.1) is 0 Å². The number of halogens is 2. The second-order valence-corrected chi connectivity index (χ2v) is 6.70. The lowest BCUT2D eigenvalue weighted by Crippen LogP contribution is -2.44. The number of H-pyrrole nitrogens is 1. The van der Waals surface area contributed by atoms with E-state index in [1.807, 2.05) is 18.3 Å². The highest BCUT2D eigenvalue weighted by molar-refractivity contribution is 6.14. The van der Waals surface area contributed by atoms with Gasteiger partial charge in [-0.1, -0.05) is 19.8 Å². The lowest BCUT2D eigenvalue weighted by Gasteiger charge is -2.27. The molecule has 2 atom stereocenters. The molecule has 2 aromatic heterocycles. The third-order valence-electron chi connectivity index (χ3n) is 4.75. The molecule has 8 heteroatoms. The normalized spacial score (nSPS) is 23.8. The van der Waals surface area contributed by atoms with Crippen molar-refractivity contribution in [3.05, 3.63) is 35.8 Å². The van der Waals surface area contributed by atoms with E-state index in [2.05, 4.69) is 32.5 Å². The van der Waals surface area contributed by atoms with Crippen LogP contribution >= 0.6 is 24.8 Å². The number of hydrogen-bond acceptors (Lipinski definition) is 4. The highest BCUT2D eigenvalue weighted by Gasteiger charge is 2.25. The van der Waals surface area contributed by atoms with Crippen molar-refractivity contribution < 1.29 is 4.79 Å². The van der Waals surface area contributed by atoms with Crippen molar-refractivity contribution in [2.45, 2.75) is 38.6 Å². The van der Waals surface area contributed by atoms with Crippen LogP contribution in [0.4, 0.5) is 0 Å². The van der Waals surface area contributed by atoms with Gasteiger partial charge in [0.1, 0.15) is 11.3 Å². The first-order valence-electron chi connectivity index (χ1n) is 8.49. The average molecular weight is 396 g/mol. The molecule has 2 aromatic rings. The number of aromatic nitrogens is 2. The van der Waals surface area contributed by atoms with Gasteiger partial charge in [0.25, 0.3) is 5.91 Å². The summed E-state index contributed by atoms with van der Waals surface area (Å²) >= 11 is 0. The Morgan fingerprint density at radius 2 is 2.15 bits per heavy atom. The number of guanidine groups is 1. The molecule has 0 spiro atoms. The summed E-state index contributed by atoms with van der Waals surface area (Å²) in [7, 11) is 0. The molecule has 3 heterocycles. The zero-order valence-electron chi connectivity index (χ0n) is 14.5. The van der Waals surface area contributed by atoms with Crippen LogP contribution in [0.5, 0.6) is 0 Å². The van der Waals surface area contributed by atoms with E-state index in [9.17, 15) is 4.79 Å². The monoisotopic (exact) mass is 395 g/mol. The van der Waals surface area contributed by atoms with Crippen LogP contribution in [0.15, 0.2) is 35.2 Å². The molecule has 0 radical (unpaired) electrons. The molecular weight excluding hydrogens is 373 g/mol. The largest absolute Gasteiger partial charge is 0.353 e. The molecule has 6 nitrogen and oxygen atoms in total. The number of aliphatic imine (C=N–C) groups is 1. The first-order valence-corrected chi connectivity index (χ1v) is 8.49. The molecule has 140 valence electrons. The van der Waals surface area contributed by atoms with E-state index in [4.69, 9.17) is 0 Å². The second kappa shape index (κ2) is 8.56. The molecule has 1 aliphatic heterocycles. The van der Waals surface area contributed by atoms with Crippen LogP contribution in [-0.4, -0.2) is 27.9 Å². The maximum atomic E-state index is 12.2.